The fraction of sp³-hybridized carbons (Fsp3) is 0.877. The van der Waals surface area contributed by atoms with Gasteiger partial charge in [-0.3, -0.25) is 4.79 Å². The Morgan fingerprint density at radius 1 is 0.391 bits per heavy atom. The maximum absolute atomic E-state index is 13.4. The van der Waals surface area contributed by atoms with Crippen molar-refractivity contribution in [1.29, 1.82) is 0 Å². The third-order valence-corrected chi connectivity index (χ3v) is 18.3. The normalized spacial score (nSPS) is 27.9. The number of aliphatic hydroxyl groups excluding tert-OH is 11. The highest BCUT2D eigenvalue weighted by Crippen LogP contribution is 2.33. The van der Waals surface area contributed by atoms with Crippen LogP contribution in [0.1, 0.15) is 277 Å². The number of amides is 1. The lowest BCUT2D eigenvalue weighted by atomic mass is 9.96. The van der Waals surface area contributed by atoms with Gasteiger partial charge in [0.25, 0.3) is 0 Å². The van der Waals surface area contributed by atoms with Crippen molar-refractivity contribution in [1.82, 2.24) is 5.32 Å². The molecule has 3 heterocycles. The van der Waals surface area contributed by atoms with Gasteiger partial charge in [0.2, 0.25) is 5.91 Å². The second kappa shape index (κ2) is 54.7. The molecule has 3 aliphatic heterocycles. The first-order valence-electron chi connectivity index (χ1n) is 36.9. The van der Waals surface area contributed by atoms with E-state index in [1.165, 1.54) is 180 Å². The molecule has 0 aromatic heterocycles. The molecule has 1 amide bonds. The summed E-state index contributed by atoms with van der Waals surface area (Å²) in [4.78, 5) is 13.4. The van der Waals surface area contributed by atoms with Crippen molar-refractivity contribution >= 4 is 5.91 Å². The van der Waals surface area contributed by atoms with Gasteiger partial charge in [-0.1, -0.05) is 255 Å². The Balaban J connectivity index is 1.39. The standard InChI is InChI=1S/C73H133NO18/c1-3-5-7-9-11-13-15-17-19-20-21-22-23-24-25-26-27-28-29-30-31-32-33-34-35-37-38-40-42-44-46-48-50-57(78)56(74-61(79)51-49-47-45-43-41-39-36-18-16-14-12-10-8-6-4-2)55-87-71-67(85)64(82)69(59(53-76)89-71)92-73-68(86)65(83)70(60(54-77)90-73)91-72-66(84)63(81)62(80)58(52-75)88-72/h12,14,18,36,40,42,48,50,56-60,62-73,75-78,80-86H,3-11,13,15-17,19-35,37-39,41,43-47,49,51-55H2,1-2H3,(H,74,79)/b14-12-,36-18-,42-40+,50-48+. The third-order valence-electron chi connectivity index (χ3n) is 18.3. The number of hydrogen-bond acceptors (Lipinski definition) is 18. The van der Waals surface area contributed by atoms with E-state index in [2.05, 4.69) is 55.6 Å². The number of rotatable bonds is 57. The molecule has 0 saturated carbocycles. The van der Waals surface area contributed by atoms with E-state index in [4.69, 9.17) is 28.4 Å². The molecule has 3 fully saturated rings. The van der Waals surface area contributed by atoms with Crippen molar-refractivity contribution in [3.63, 3.8) is 0 Å². The Morgan fingerprint density at radius 3 is 1.17 bits per heavy atom. The summed E-state index contributed by atoms with van der Waals surface area (Å²) < 4.78 is 34.3. The van der Waals surface area contributed by atoms with Crippen LogP contribution in [0.3, 0.4) is 0 Å². The average Bonchev–Trinajstić information content (AvgIpc) is 0.837. The first-order valence-corrected chi connectivity index (χ1v) is 36.9. The fourth-order valence-electron chi connectivity index (χ4n) is 12.4. The van der Waals surface area contributed by atoms with Gasteiger partial charge in [0.15, 0.2) is 18.9 Å². The summed E-state index contributed by atoms with van der Waals surface area (Å²) in [6, 6.07) is -0.999. The monoisotopic (exact) mass is 1310 g/mol. The van der Waals surface area contributed by atoms with Crippen LogP contribution < -0.4 is 5.32 Å². The topological polar surface area (TPSA) is 307 Å². The highest BCUT2D eigenvalue weighted by atomic mass is 16.8. The second-order valence-corrected chi connectivity index (χ2v) is 26.4. The number of carbonyl (C=O) groups excluding carboxylic acids is 1. The minimum atomic E-state index is -1.98. The molecule has 0 radical (unpaired) electrons. The van der Waals surface area contributed by atoms with Gasteiger partial charge in [-0.25, -0.2) is 0 Å². The van der Waals surface area contributed by atoms with E-state index in [0.717, 1.165) is 64.2 Å². The van der Waals surface area contributed by atoms with Crippen LogP contribution in [0.4, 0.5) is 0 Å². The maximum atomic E-state index is 13.4. The van der Waals surface area contributed by atoms with E-state index in [0.29, 0.717) is 12.8 Å². The van der Waals surface area contributed by atoms with Gasteiger partial charge in [0.1, 0.15) is 73.2 Å². The maximum Gasteiger partial charge on any atom is 0.220 e. The van der Waals surface area contributed by atoms with E-state index < -0.39 is 124 Å². The summed E-state index contributed by atoms with van der Waals surface area (Å²) in [6.07, 6.45) is 39.7. The predicted molar refractivity (Wildman–Crippen MR) is 360 cm³/mol. The lowest BCUT2D eigenvalue weighted by molar-refractivity contribution is -0.379. The highest BCUT2D eigenvalue weighted by Gasteiger charge is 2.53. The first kappa shape index (κ1) is 84.0. The summed E-state index contributed by atoms with van der Waals surface area (Å²) in [7, 11) is 0. The average molecular weight is 1310 g/mol. The number of hydrogen-bond donors (Lipinski definition) is 12. The number of ether oxygens (including phenoxy) is 6. The Morgan fingerprint density at radius 2 is 0.728 bits per heavy atom. The van der Waals surface area contributed by atoms with Crippen LogP contribution in [0, 0.1) is 0 Å². The van der Waals surface area contributed by atoms with E-state index in [9.17, 15) is 61.0 Å². The Labute approximate surface area is 554 Å². The minimum absolute atomic E-state index is 0.219. The van der Waals surface area contributed by atoms with Crippen molar-refractivity contribution in [2.75, 3.05) is 26.4 Å². The zero-order valence-corrected chi connectivity index (χ0v) is 57.0. The Kier molecular flexibility index (Phi) is 50.0. The molecule has 3 saturated heterocycles. The molecule has 3 rings (SSSR count). The zero-order valence-electron chi connectivity index (χ0n) is 57.0. The van der Waals surface area contributed by atoms with Gasteiger partial charge in [-0.2, -0.15) is 0 Å². The van der Waals surface area contributed by atoms with Gasteiger partial charge < -0.3 is 89.9 Å². The lowest BCUT2D eigenvalue weighted by Crippen LogP contribution is -2.66. The molecule has 19 nitrogen and oxygen atoms in total. The smallest absolute Gasteiger partial charge is 0.220 e. The Hall–Kier alpha value is -2.25. The van der Waals surface area contributed by atoms with E-state index >= 15 is 0 Å². The van der Waals surface area contributed by atoms with Crippen LogP contribution >= 0.6 is 0 Å². The molecular formula is C73H133NO18. The van der Waals surface area contributed by atoms with E-state index in [1.54, 1.807) is 6.08 Å². The van der Waals surface area contributed by atoms with Gasteiger partial charge >= 0.3 is 0 Å². The van der Waals surface area contributed by atoms with Crippen LogP contribution in [0.15, 0.2) is 48.6 Å². The molecule has 0 aromatic rings. The molecule has 17 unspecified atom stereocenters. The molecule has 12 N–H and O–H groups in total. The molecule has 3 aliphatic rings. The summed E-state index contributed by atoms with van der Waals surface area (Å²) in [5, 5.41) is 120. The summed E-state index contributed by atoms with van der Waals surface area (Å²) in [5.74, 6) is -0.298. The lowest BCUT2D eigenvalue weighted by Gasteiger charge is -2.48. The molecule has 17 atom stereocenters. The number of unbranched alkanes of at least 4 members (excludes halogenated alkanes) is 35. The third kappa shape index (κ3) is 35.8. The second-order valence-electron chi connectivity index (χ2n) is 26.4. The highest BCUT2D eigenvalue weighted by molar-refractivity contribution is 5.76. The molecule has 0 aliphatic carbocycles. The predicted octanol–water partition coefficient (Wildman–Crippen LogP) is 10.6. The van der Waals surface area contributed by atoms with Crippen molar-refractivity contribution in [2.24, 2.45) is 0 Å². The molecular weight excluding hydrogens is 1180 g/mol. The van der Waals surface area contributed by atoms with Gasteiger partial charge in [0, 0.05) is 6.42 Å². The van der Waals surface area contributed by atoms with E-state index in [-0.39, 0.29) is 18.9 Å². The van der Waals surface area contributed by atoms with Crippen LogP contribution in [0.25, 0.3) is 0 Å². The zero-order chi connectivity index (χ0) is 66.8. The van der Waals surface area contributed by atoms with Crippen molar-refractivity contribution in [2.45, 2.75) is 381 Å². The van der Waals surface area contributed by atoms with Gasteiger partial charge in [-0.05, 0) is 64.2 Å². The molecule has 0 bridgehead atoms. The van der Waals surface area contributed by atoms with Crippen molar-refractivity contribution < 1.29 is 89.4 Å². The number of nitrogens with one attached hydrogen (secondary N) is 1. The molecule has 0 spiro atoms. The minimum Gasteiger partial charge on any atom is -0.394 e. The van der Waals surface area contributed by atoms with Crippen LogP contribution in [-0.2, 0) is 33.2 Å². The van der Waals surface area contributed by atoms with Crippen molar-refractivity contribution in [3.05, 3.63) is 48.6 Å². The number of allylic oxidation sites excluding steroid dienone is 7. The molecule has 92 heavy (non-hydrogen) atoms. The SMILES string of the molecule is CCCCC/C=C\C/C=C\CCCCCCCC(=O)NC(COC1OC(CO)C(OC2OC(CO)C(OC3OC(CO)C(O)C(O)C3O)C(O)C2O)C(O)C1O)C(O)/C=C/CC/C=C/CCCCCCCCCCCCCCCCCCCCCCCCCCCC. The van der Waals surface area contributed by atoms with Gasteiger partial charge in [-0.15, -0.1) is 0 Å². The first-order chi connectivity index (χ1) is 44.8. The van der Waals surface area contributed by atoms with Crippen molar-refractivity contribution in [3.8, 4) is 0 Å². The molecule has 0 aromatic carbocycles. The molecule has 538 valence electrons. The number of carbonyl (C=O) groups is 1. The van der Waals surface area contributed by atoms with Crippen LogP contribution in [-0.4, -0.2) is 193 Å². The van der Waals surface area contributed by atoms with Crippen LogP contribution in [0.5, 0.6) is 0 Å². The Bertz CT molecular complexity index is 1860. The van der Waals surface area contributed by atoms with E-state index in [1.807, 2.05) is 6.08 Å². The number of aliphatic hydroxyl groups is 11. The summed E-state index contributed by atoms with van der Waals surface area (Å²) in [6.45, 7) is 1.69. The fourth-order valence-corrected chi connectivity index (χ4v) is 12.4. The summed E-state index contributed by atoms with van der Waals surface area (Å²) in [5.41, 5.74) is 0. The quantitative estimate of drug-likeness (QED) is 0.0199. The summed E-state index contributed by atoms with van der Waals surface area (Å²) >= 11 is 0. The van der Waals surface area contributed by atoms with Crippen LogP contribution in [0.2, 0.25) is 0 Å². The van der Waals surface area contributed by atoms with Gasteiger partial charge in [0.05, 0.1) is 38.6 Å². The molecule has 19 heteroatoms. The largest absolute Gasteiger partial charge is 0.394 e.